The van der Waals surface area contributed by atoms with Crippen molar-refractivity contribution in [2.75, 3.05) is 18.6 Å². The van der Waals surface area contributed by atoms with Gasteiger partial charge < -0.3 is 10.1 Å². The molecule has 0 atom stereocenters. The van der Waals surface area contributed by atoms with Crippen LogP contribution in [-0.2, 0) is 0 Å². The highest BCUT2D eigenvalue weighted by Gasteiger charge is 2.06. The van der Waals surface area contributed by atoms with E-state index in [-0.39, 0.29) is 0 Å². The van der Waals surface area contributed by atoms with Gasteiger partial charge in [-0.2, -0.15) is 4.98 Å². The summed E-state index contributed by atoms with van der Waals surface area (Å²) >= 11 is 7.45. The molecule has 0 amide bonds. The van der Waals surface area contributed by atoms with Crippen molar-refractivity contribution < 1.29 is 4.74 Å². The number of nitrogens with zero attached hydrogens (tertiary/aromatic N) is 2. The Labute approximate surface area is 121 Å². The van der Waals surface area contributed by atoms with Crippen LogP contribution in [0.4, 0.5) is 5.82 Å². The predicted octanol–water partition coefficient (Wildman–Crippen LogP) is 3.99. The van der Waals surface area contributed by atoms with Crippen LogP contribution in [-0.4, -0.2) is 23.3 Å². The van der Waals surface area contributed by atoms with Gasteiger partial charge in [0.25, 0.3) is 0 Å². The Morgan fingerprint density at radius 1 is 1.26 bits per heavy atom. The molecule has 0 unspecified atom stereocenters. The number of ether oxygens (including phenoxy) is 1. The third-order valence-corrected chi connectivity index (χ3v) is 3.44. The minimum absolute atomic E-state index is 0.505. The Balaban J connectivity index is 2.29. The SMILES string of the molecule is CNc1cc(Oc2ccc(Cl)c(C)c2)nc(SC)n1. The van der Waals surface area contributed by atoms with Crippen LogP contribution < -0.4 is 10.1 Å². The topological polar surface area (TPSA) is 47.0 Å². The summed E-state index contributed by atoms with van der Waals surface area (Å²) in [7, 11) is 1.81. The van der Waals surface area contributed by atoms with Gasteiger partial charge >= 0.3 is 0 Å². The second kappa shape index (κ2) is 6.12. The highest BCUT2D eigenvalue weighted by Crippen LogP contribution is 2.27. The van der Waals surface area contributed by atoms with Gasteiger partial charge in [-0.3, -0.25) is 0 Å². The average molecular weight is 296 g/mol. The Bertz CT molecular complexity index is 570. The maximum absolute atomic E-state index is 5.98. The zero-order chi connectivity index (χ0) is 13.8. The van der Waals surface area contributed by atoms with E-state index in [9.17, 15) is 0 Å². The third kappa shape index (κ3) is 3.52. The molecule has 6 heteroatoms. The molecule has 4 nitrogen and oxygen atoms in total. The summed E-state index contributed by atoms with van der Waals surface area (Å²) in [5.74, 6) is 1.93. The van der Waals surface area contributed by atoms with Crippen LogP contribution in [0.1, 0.15) is 5.56 Å². The monoisotopic (exact) mass is 295 g/mol. The number of aryl methyl sites for hydroxylation is 1. The smallest absolute Gasteiger partial charge is 0.225 e. The number of hydrogen-bond donors (Lipinski definition) is 1. The van der Waals surface area contributed by atoms with Crippen molar-refractivity contribution in [3.63, 3.8) is 0 Å². The van der Waals surface area contributed by atoms with Gasteiger partial charge in [0.2, 0.25) is 5.88 Å². The van der Waals surface area contributed by atoms with Crippen LogP contribution in [0, 0.1) is 6.92 Å². The number of hydrogen-bond acceptors (Lipinski definition) is 5. The first kappa shape index (κ1) is 14.0. The third-order valence-electron chi connectivity index (χ3n) is 2.47. The van der Waals surface area contributed by atoms with Gasteiger partial charge in [-0.05, 0) is 36.9 Å². The number of aromatic nitrogens is 2. The fourth-order valence-corrected chi connectivity index (χ4v) is 1.97. The fraction of sp³-hybridized carbons (Fsp3) is 0.231. The average Bonchev–Trinajstić information content (AvgIpc) is 2.42. The number of nitrogens with one attached hydrogen (secondary N) is 1. The van der Waals surface area contributed by atoms with Gasteiger partial charge in [0.15, 0.2) is 5.16 Å². The minimum atomic E-state index is 0.505. The van der Waals surface area contributed by atoms with E-state index >= 15 is 0 Å². The van der Waals surface area contributed by atoms with Crippen molar-refractivity contribution in [2.45, 2.75) is 12.1 Å². The van der Waals surface area contributed by atoms with Crippen molar-refractivity contribution in [3.8, 4) is 11.6 Å². The molecule has 2 aromatic rings. The van der Waals surface area contributed by atoms with Crippen LogP contribution in [0.3, 0.4) is 0 Å². The maximum Gasteiger partial charge on any atom is 0.225 e. The molecule has 0 bridgehead atoms. The van der Waals surface area contributed by atoms with Crippen LogP contribution in [0.25, 0.3) is 0 Å². The predicted molar refractivity (Wildman–Crippen MR) is 79.6 cm³/mol. The lowest BCUT2D eigenvalue weighted by atomic mass is 10.2. The van der Waals surface area contributed by atoms with E-state index in [1.54, 1.807) is 6.07 Å². The van der Waals surface area contributed by atoms with Crippen molar-refractivity contribution in [2.24, 2.45) is 0 Å². The summed E-state index contributed by atoms with van der Waals surface area (Å²) < 4.78 is 5.74. The Hall–Kier alpha value is -1.46. The lowest BCUT2D eigenvalue weighted by molar-refractivity contribution is 0.456. The Morgan fingerprint density at radius 3 is 2.68 bits per heavy atom. The first-order chi connectivity index (χ1) is 9.12. The van der Waals surface area contributed by atoms with E-state index < -0.39 is 0 Å². The molecule has 1 N–H and O–H groups in total. The van der Waals surface area contributed by atoms with E-state index in [1.807, 2.05) is 38.4 Å². The van der Waals surface area contributed by atoms with Crippen LogP contribution in [0.15, 0.2) is 29.4 Å². The molecule has 1 aromatic carbocycles. The number of benzene rings is 1. The maximum atomic E-state index is 5.98. The number of thioether (sulfide) groups is 1. The Morgan fingerprint density at radius 2 is 2.05 bits per heavy atom. The number of rotatable bonds is 4. The van der Waals surface area contributed by atoms with Gasteiger partial charge in [0, 0.05) is 18.1 Å². The molecule has 0 aliphatic heterocycles. The molecular weight excluding hydrogens is 282 g/mol. The molecule has 0 spiro atoms. The molecule has 1 heterocycles. The zero-order valence-corrected chi connectivity index (χ0v) is 12.5. The molecule has 0 aliphatic rings. The second-order valence-electron chi connectivity index (χ2n) is 3.84. The summed E-state index contributed by atoms with van der Waals surface area (Å²) in [4.78, 5) is 8.59. The normalized spacial score (nSPS) is 10.3. The molecule has 19 heavy (non-hydrogen) atoms. The second-order valence-corrected chi connectivity index (χ2v) is 5.02. The molecule has 100 valence electrons. The van der Waals surface area contributed by atoms with E-state index in [0.29, 0.717) is 16.8 Å². The van der Waals surface area contributed by atoms with E-state index in [4.69, 9.17) is 16.3 Å². The molecule has 2 rings (SSSR count). The first-order valence-corrected chi connectivity index (χ1v) is 7.27. The molecule has 0 aliphatic carbocycles. The Kier molecular flexibility index (Phi) is 4.50. The van der Waals surface area contributed by atoms with Gasteiger partial charge in [0.1, 0.15) is 11.6 Å². The fourth-order valence-electron chi connectivity index (χ4n) is 1.48. The molecule has 0 fully saturated rings. The van der Waals surface area contributed by atoms with Gasteiger partial charge in [-0.15, -0.1) is 0 Å². The molecule has 0 saturated carbocycles. The minimum Gasteiger partial charge on any atom is -0.439 e. The standard InChI is InChI=1S/C13H14ClN3OS/c1-8-6-9(4-5-10(8)14)18-12-7-11(15-2)16-13(17-12)19-3/h4-7H,1-3H3,(H,15,16,17). The summed E-state index contributed by atoms with van der Waals surface area (Å²) in [6, 6.07) is 7.25. The molecule has 0 saturated heterocycles. The molecule has 0 radical (unpaired) electrons. The summed E-state index contributed by atoms with van der Waals surface area (Å²) in [5.41, 5.74) is 0.965. The number of anilines is 1. The summed E-state index contributed by atoms with van der Waals surface area (Å²) in [5, 5.41) is 4.36. The van der Waals surface area contributed by atoms with Crippen molar-refractivity contribution >= 4 is 29.2 Å². The largest absolute Gasteiger partial charge is 0.439 e. The summed E-state index contributed by atoms with van der Waals surface area (Å²) in [6.07, 6.45) is 1.92. The highest BCUT2D eigenvalue weighted by atomic mass is 35.5. The quantitative estimate of drug-likeness (QED) is 0.682. The molecule has 1 aromatic heterocycles. The van der Waals surface area contributed by atoms with Gasteiger partial charge in [-0.25, -0.2) is 4.98 Å². The van der Waals surface area contributed by atoms with Gasteiger partial charge in [0.05, 0.1) is 0 Å². The lowest BCUT2D eigenvalue weighted by Crippen LogP contribution is -1.98. The van der Waals surface area contributed by atoms with Crippen LogP contribution in [0.5, 0.6) is 11.6 Å². The van der Waals surface area contributed by atoms with E-state index in [0.717, 1.165) is 16.4 Å². The van der Waals surface area contributed by atoms with E-state index in [2.05, 4.69) is 15.3 Å². The lowest BCUT2D eigenvalue weighted by Gasteiger charge is -2.09. The van der Waals surface area contributed by atoms with Crippen molar-refractivity contribution in [1.82, 2.24) is 9.97 Å². The zero-order valence-electron chi connectivity index (χ0n) is 10.9. The van der Waals surface area contributed by atoms with Crippen molar-refractivity contribution in [1.29, 1.82) is 0 Å². The first-order valence-electron chi connectivity index (χ1n) is 5.67. The highest BCUT2D eigenvalue weighted by molar-refractivity contribution is 7.98. The molecular formula is C13H14ClN3OS. The van der Waals surface area contributed by atoms with E-state index in [1.165, 1.54) is 11.8 Å². The summed E-state index contributed by atoms with van der Waals surface area (Å²) in [6.45, 7) is 1.93. The van der Waals surface area contributed by atoms with Gasteiger partial charge in [-0.1, -0.05) is 23.4 Å². The van der Waals surface area contributed by atoms with Crippen LogP contribution >= 0.6 is 23.4 Å². The number of halogens is 1. The van der Waals surface area contributed by atoms with Crippen molar-refractivity contribution in [3.05, 3.63) is 34.9 Å². The van der Waals surface area contributed by atoms with Crippen LogP contribution in [0.2, 0.25) is 5.02 Å².